The number of ether oxygens (including phenoxy) is 3. The third-order valence-corrected chi connectivity index (χ3v) is 3.49. The lowest BCUT2D eigenvalue weighted by molar-refractivity contribution is -0.144. The molecule has 1 saturated heterocycles. The average Bonchev–Trinajstić information content (AvgIpc) is 2.49. The monoisotopic (exact) mass is 371 g/mol. The summed E-state index contributed by atoms with van der Waals surface area (Å²) >= 11 is 0. The van der Waals surface area contributed by atoms with Crippen molar-refractivity contribution in [2.24, 2.45) is 5.11 Å². The molecule has 0 unspecified atom stereocenters. The molecular weight excluding hydrogens is 342 g/mol. The van der Waals surface area contributed by atoms with Gasteiger partial charge in [0.1, 0.15) is 12.1 Å². The summed E-state index contributed by atoms with van der Waals surface area (Å²) in [7, 11) is 0. The Labute approximate surface area is 154 Å². The third kappa shape index (κ3) is 8.89. The van der Waals surface area contributed by atoms with Gasteiger partial charge in [-0.15, -0.1) is 0 Å². The normalized spacial score (nSPS) is 14.9. The molecule has 10 nitrogen and oxygen atoms in total. The van der Waals surface area contributed by atoms with E-state index in [1.807, 2.05) is 0 Å². The van der Waals surface area contributed by atoms with Gasteiger partial charge in [0.2, 0.25) is 0 Å². The molecule has 1 amide bonds. The smallest absolute Gasteiger partial charge is 0.410 e. The first-order chi connectivity index (χ1) is 12.2. The number of rotatable bonds is 10. The van der Waals surface area contributed by atoms with Crippen molar-refractivity contribution in [1.82, 2.24) is 9.80 Å². The first-order valence-corrected chi connectivity index (χ1v) is 8.73. The highest BCUT2D eigenvalue weighted by Crippen LogP contribution is 2.11. The second kappa shape index (κ2) is 10.8. The lowest BCUT2D eigenvalue weighted by Gasteiger charge is -2.36. The van der Waals surface area contributed by atoms with Crippen LogP contribution in [0.4, 0.5) is 4.79 Å². The second-order valence-corrected chi connectivity index (χ2v) is 6.94. The molecule has 148 valence electrons. The predicted octanol–water partition coefficient (Wildman–Crippen LogP) is 1.80. The van der Waals surface area contributed by atoms with E-state index in [0.717, 1.165) is 19.6 Å². The molecule has 1 rings (SSSR count). The van der Waals surface area contributed by atoms with E-state index in [1.54, 1.807) is 27.7 Å². The van der Waals surface area contributed by atoms with E-state index >= 15 is 0 Å². The zero-order valence-electron chi connectivity index (χ0n) is 16.0. The summed E-state index contributed by atoms with van der Waals surface area (Å²) in [6.45, 7) is 10.3. The maximum absolute atomic E-state index is 12.2. The van der Waals surface area contributed by atoms with Crippen LogP contribution in [0, 0.1) is 0 Å². The average molecular weight is 371 g/mol. The zero-order chi connectivity index (χ0) is 19.6. The number of nitrogens with zero attached hydrogens (tertiary/aromatic N) is 5. The van der Waals surface area contributed by atoms with Crippen LogP contribution in [0.2, 0.25) is 0 Å². The zero-order valence-corrected chi connectivity index (χ0v) is 16.0. The van der Waals surface area contributed by atoms with Crippen molar-refractivity contribution in [3.05, 3.63) is 10.4 Å². The molecule has 26 heavy (non-hydrogen) atoms. The first kappa shape index (κ1) is 22.0. The van der Waals surface area contributed by atoms with E-state index in [2.05, 4.69) is 14.9 Å². The lowest BCUT2D eigenvalue weighted by Crippen LogP contribution is -2.50. The molecule has 0 aliphatic carbocycles. The van der Waals surface area contributed by atoms with Crippen molar-refractivity contribution < 1.29 is 23.8 Å². The van der Waals surface area contributed by atoms with Gasteiger partial charge < -0.3 is 19.1 Å². The van der Waals surface area contributed by atoms with E-state index < -0.39 is 17.7 Å². The molecule has 10 heteroatoms. The maximum atomic E-state index is 12.2. The van der Waals surface area contributed by atoms with Crippen molar-refractivity contribution in [2.75, 3.05) is 52.5 Å². The van der Waals surface area contributed by atoms with Crippen LogP contribution in [0.1, 0.15) is 27.7 Å². The van der Waals surface area contributed by atoms with Gasteiger partial charge in [-0.25, -0.2) is 4.79 Å². The van der Waals surface area contributed by atoms with Crippen LogP contribution in [0.25, 0.3) is 10.4 Å². The molecule has 0 saturated carbocycles. The molecule has 0 spiro atoms. The Bertz CT molecular complexity index is 510. The molecule has 1 heterocycles. The Balaban J connectivity index is 2.32. The number of hydrogen-bond acceptors (Lipinski definition) is 7. The van der Waals surface area contributed by atoms with Gasteiger partial charge in [-0.1, -0.05) is 5.11 Å². The van der Waals surface area contributed by atoms with E-state index in [9.17, 15) is 9.59 Å². The number of hydrogen-bond donors (Lipinski definition) is 0. The highest BCUT2D eigenvalue weighted by molar-refractivity contribution is 5.78. The summed E-state index contributed by atoms with van der Waals surface area (Å²) in [5, 5.41) is 3.64. The summed E-state index contributed by atoms with van der Waals surface area (Å²) in [5.41, 5.74) is 7.69. The quantitative estimate of drug-likeness (QED) is 0.190. The summed E-state index contributed by atoms with van der Waals surface area (Å²) in [5.74, 6) is -0.483. The number of esters is 1. The fourth-order valence-corrected chi connectivity index (χ4v) is 2.27. The molecule has 0 aromatic heterocycles. The lowest BCUT2D eigenvalue weighted by atomic mass is 10.1. The Morgan fingerprint density at radius 1 is 1.31 bits per heavy atom. The van der Waals surface area contributed by atoms with Crippen molar-refractivity contribution in [3.8, 4) is 0 Å². The number of amides is 1. The minimum atomic E-state index is -0.648. The van der Waals surface area contributed by atoms with Crippen LogP contribution in [0.15, 0.2) is 5.11 Å². The molecule has 1 aliphatic heterocycles. The van der Waals surface area contributed by atoms with Crippen LogP contribution in [0.5, 0.6) is 0 Å². The molecule has 1 aliphatic rings. The molecular formula is C16H29N5O5. The molecule has 1 fully saturated rings. The summed E-state index contributed by atoms with van der Waals surface area (Å²) in [6, 6.07) is 0.0484. The molecule has 0 radical (unpaired) electrons. The van der Waals surface area contributed by atoms with Crippen molar-refractivity contribution in [1.29, 1.82) is 0 Å². The van der Waals surface area contributed by atoms with Gasteiger partial charge in [-0.3, -0.25) is 9.69 Å². The second-order valence-electron chi connectivity index (χ2n) is 6.94. The molecule has 0 N–H and O–H groups in total. The van der Waals surface area contributed by atoms with Gasteiger partial charge in [0.15, 0.2) is 0 Å². The van der Waals surface area contributed by atoms with Crippen molar-refractivity contribution in [2.45, 2.75) is 39.3 Å². The Morgan fingerprint density at radius 3 is 2.58 bits per heavy atom. The van der Waals surface area contributed by atoms with Crippen LogP contribution >= 0.6 is 0 Å². The minimum absolute atomic E-state index is 0.0484. The Hall–Kier alpha value is -2.03. The number of azide groups is 1. The Kier molecular flexibility index (Phi) is 9.18. The van der Waals surface area contributed by atoms with Crippen LogP contribution in [-0.4, -0.2) is 86.0 Å². The van der Waals surface area contributed by atoms with E-state index in [-0.39, 0.29) is 32.3 Å². The summed E-state index contributed by atoms with van der Waals surface area (Å²) in [6.07, 6.45) is -0.575. The predicted molar refractivity (Wildman–Crippen MR) is 94.6 cm³/mol. The molecule has 0 atom stereocenters. The van der Waals surface area contributed by atoms with E-state index in [0.29, 0.717) is 6.61 Å². The summed E-state index contributed by atoms with van der Waals surface area (Å²) in [4.78, 5) is 30.1. The van der Waals surface area contributed by atoms with Gasteiger partial charge in [0.05, 0.1) is 25.9 Å². The highest BCUT2D eigenvalue weighted by Gasteiger charge is 2.26. The van der Waals surface area contributed by atoms with Gasteiger partial charge in [0.25, 0.3) is 0 Å². The van der Waals surface area contributed by atoms with Gasteiger partial charge in [-0.2, -0.15) is 0 Å². The number of carbonyl (C=O) groups is 2. The minimum Gasteiger partial charge on any atom is -0.465 e. The summed E-state index contributed by atoms with van der Waals surface area (Å²) < 4.78 is 15.7. The van der Waals surface area contributed by atoms with Crippen molar-refractivity contribution in [3.63, 3.8) is 0 Å². The van der Waals surface area contributed by atoms with Gasteiger partial charge in [0, 0.05) is 31.1 Å². The fourth-order valence-electron chi connectivity index (χ4n) is 2.27. The van der Waals surface area contributed by atoms with E-state index in [1.165, 1.54) is 4.90 Å². The van der Waals surface area contributed by atoms with Crippen LogP contribution in [0.3, 0.4) is 0 Å². The van der Waals surface area contributed by atoms with E-state index in [4.69, 9.17) is 19.7 Å². The van der Waals surface area contributed by atoms with Crippen LogP contribution < -0.4 is 0 Å². The first-order valence-electron chi connectivity index (χ1n) is 8.73. The topological polar surface area (TPSA) is 117 Å². The third-order valence-electron chi connectivity index (χ3n) is 3.49. The molecule has 0 aromatic carbocycles. The fraction of sp³-hybridized carbons (Fsp3) is 0.875. The SMILES string of the molecule is CCOC(=O)CN(CCOCCN1CC(N=[N+]=[N-])C1)C(=O)OC(C)(C)C. The van der Waals surface area contributed by atoms with Crippen molar-refractivity contribution >= 4 is 12.1 Å². The highest BCUT2D eigenvalue weighted by atomic mass is 16.6. The number of carbonyl (C=O) groups excluding carboxylic acids is 2. The molecule has 0 bridgehead atoms. The van der Waals surface area contributed by atoms with Gasteiger partial charge >= 0.3 is 12.1 Å². The largest absolute Gasteiger partial charge is 0.465 e. The van der Waals surface area contributed by atoms with Gasteiger partial charge in [-0.05, 0) is 33.2 Å². The Morgan fingerprint density at radius 2 is 2.00 bits per heavy atom. The number of likely N-dealkylation sites (tertiary alicyclic amines) is 1. The standard InChI is InChI=1S/C16H29N5O5/c1-5-25-14(22)12-21(15(23)26-16(2,3)4)7-9-24-8-6-20-10-13(11-20)18-19-17/h13H,5-12H2,1-4H3. The maximum Gasteiger partial charge on any atom is 0.410 e. The van der Waals surface area contributed by atoms with Crippen LogP contribution in [-0.2, 0) is 19.0 Å². The molecule has 0 aromatic rings.